The third-order valence-corrected chi connectivity index (χ3v) is 4.87. The van der Waals surface area contributed by atoms with Crippen LogP contribution in [0, 0.1) is 13.8 Å². The summed E-state index contributed by atoms with van der Waals surface area (Å²) in [4.78, 5) is 17.0. The lowest BCUT2D eigenvalue weighted by atomic mass is 10.2. The maximum atomic E-state index is 12.1. The van der Waals surface area contributed by atoms with Crippen LogP contribution in [0.2, 0.25) is 0 Å². The number of oxime groups is 1. The van der Waals surface area contributed by atoms with Gasteiger partial charge >= 0.3 is 5.97 Å². The van der Waals surface area contributed by atoms with Crippen LogP contribution in [0.15, 0.2) is 52.2 Å². The number of nitrogens with two attached hydrogens (primary N) is 1. The van der Waals surface area contributed by atoms with E-state index in [0.29, 0.717) is 12.2 Å². The lowest BCUT2D eigenvalue weighted by Crippen LogP contribution is -2.16. The van der Waals surface area contributed by atoms with E-state index in [4.69, 9.17) is 10.6 Å². The summed E-state index contributed by atoms with van der Waals surface area (Å²) in [6.45, 7) is 4.24. The van der Waals surface area contributed by atoms with Crippen LogP contribution in [0.25, 0.3) is 0 Å². The first kappa shape index (κ1) is 17.9. The summed E-state index contributed by atoms with van der Waals surface area (Å²) >= 11 is 3.48. The number of halogens is 1. The molecule has 26 heavy (non-hydrogen) atoms. The van der Waals surface area contributed by atoms with E-state index in [0.717, 1.165) is 15.9 Å². The van der Waals surface area contributed by atoms with Crippen LogP contribution in [0.5, 0.6) is 0 Å². The van der Waals surface area contributed by atoms with Crippen molar-refractivity contribution in [2.75, 3.05) is 0 Å². The topological polar surface area (TPSA) is 100 Å². The number of rotatable bonds is 5. The summed E-state index contributed by atoms with van der Waals surface area (Å²) < 4.78 is 4.33. The molecule has 3 aromatic rings. The zero-order valence-electron chi connectivity index (χ0n) is 14.3. The molecule has 0 radical (unpaired) electrons. The molecule has 8 nitrogen and oxygen atoms in total. The Morgan fingerprint density at radius 1 is 1.23 bits per heavy atom. The zero-order valence-corrected chi connectivity index (χ0v) is 15.8. The lowest BCUT2D eigenvalue weighted by Gasteiger charge is -2.04. The highest BCUT2D eigenvalue weighted by atomic mass is 79.9. The van der Waals surface area contributed by atoms with Crippen molar-refractivity contribution in [3.63, 3.8) is 0 Å². The molecule has 3 rings (SSSR count). The van der Waals surface area contributed by atoms with Crippen molar-refractivity contribution in [2.24, 2.45) is 10.9 Å². The van der Waals surface area contributed by atoms with Gasteiger partial charge in [-0.15, -0.1) is 0 Å². The minimum Gasteiger partial charge on any atom is -0.380 e. The van der Waals surface area contributed by atoms with Crippen molar-refractivity contribution < 1.29 is 9.63 Å². The van der Waals surface area contributed by atoms with E-state index in [1.807, 2.05) is 32.0 Å². The second-order valence-corrected chi connectivity index (χ2v) is 6.38. The maximum Gasteiger partial charge on any atom is 0.385 e. The van der Waals surface area contributed by atoms with Crippen LogP contribution >= 0.6 is 15.9 Å². The van der Waals surface area contributed by atoms with Crippen LogP contribution in [-0.2, 0) is 11.5 Å². The molecule has 0 saturated carbocycles. The van der Waals surface area contributed by atoms with Crippen molar-refractivity contribution >= 4 is 27.7 Å². The number of carbonyl (C=O) groups is 1. The van der Waals surface area contributed by atoms with E-state index in [9.17, 15) is 4.79 Å². The average Bonchev–Trinajstić information content (AvgIpc) is 3.21. The molecule has 0 aliphatic rings. The van der Waals surface area contributed by atoms with Crippen molar-refractivity contribution in [2.45, 2.75) is 20.5 Å². The summed E-state index contributed by atoms with van der Waals surface area (Å²) in [5.74, 6) is -0.567. The average molecular weight is 417 g/mol. The Labute approximate surface area is 158 Å². The highest BCUT2D eigenvalue weighted by molar-refractivity contribution is 9.10. The van der Waals surface area contributed by atoms with E-state index < -0.39 is 5.97 Å². The zero-order chi connectivity index (χ0) is 18.7. The Kier molecular flexibility index (Phi) is 5.17. The minimum atomic E-state index is -0.683. The predicted octanol–water partition coefficient (Wildman–Crippen LogP) is 2.44. The number of amidine groups is 1. The second-order valence-electron chi connectivity index (χ2n) is 5.59. The fourth-order valence-electron chi connectivity index (χ4n) is 2.30. The lowest BCUT2D eigenvalue weighted by molar-refractivity contribution is 0.0508. The van der Waals surface area contributed by atoms with Gasteiger partial charge in [0.2, 0.25) is 0 Å². The molecule has 0 atom stereocenters. The molecule has 134 valence electrons. The molecule has 0 aliphatic carbocycles. The van der Waals surface area contributed by atoms with Gasteiger partial charge in [0.25, 0.3) is 0 Å². The van der Waals surface area contributed by atoms with Gasteiger partial charge in [0.1, 0.15) is 6.67 Å². The van der Waals surface area contributed by atoms with Gasteiger partial charge in [0.05, 0.1) is 15.9 Å². The minimum absolute atomic E-state index is 0.117. The first-order valence-electron chi connectivity index (χ1n) is 7.79. The smallest absolute Gasteiger partial charge is 0.380 e. The summed E-state index contributed by atoms with van der Waals surface area (Å²) in [7, 11) is 0. The molecule has 0 bridgehead atoms. The van der Waals surface area contributed by atoms with Crippen molar-refractivity contribution in [1.29, 1.82) is 0 Å². The molecule has 0 unspecified atom stereocenters. The van der Waals surface area contributed by atoms with E-state index in [-0.39, 0.29) is 11.5 Å². The van der Waals surface area contributed by atoms with Gasteiger partial charge in [-0.05, 0) is 35.8 Å². The molecule has 0 amide bonds. The second kappa shape index (κ2) is 7.52. The summed E-state index contributed by atoms with van der Waals surface area (Å²) in [6.07, 6.45) is 1.67. The van der Waals surface area contributed by atoms with E-state index in [1.165, 1.54) is 0 Å². The number of hydrogen-bond acceptors (Lipinski definition) is 5. The molecule has 0 fully saturated rings. The maximum absolute atomic E-state index is 12.1. The number of hydrogen-bond donors (Lipinski definition) is 1. The molecule has 0 saturated heterocycles. The molecular weight excluding hydrogens is 400 g/mol. The normalized spacial score (nSPS) is 11.6. The molecule has 2 heterocycles. The molecule has 0 spiro atoms. The molecule has 1 aromatic carbocycles. The first-order chi connectivity index (χ1) is 12.5. The van der Waals surface area contributed by atoms with Gasteiger partial charge in [-0.1, -0.05) is 35.5 Å². The molecule has 0 aliphatic heterocycles. The summed E-state index contributed by atoms with van der Waals surface area (Å²) in [5.41, 5.74) is 8.46. The van der Waals surface area contributed by atoms with E-state index >= 15 is 0 Å². The highest BCUT2D eigenvalue weighted by Crippen LogP contribution is 2.19. The fourth-order valence-corrected chi connectivity index (χ4v) is 2.58. The van der Waals surface area contributed by atoms with Crippen LogP contribution in [0.1, 0.15) is 27.4 Å². The SMILES string of the molecule is Cc1nn(Cn2ccc(C(=O)O/N=C(\N)c3ccccc3)n2)c(C)c1Br. The van der Waals surface area contributed by atoms with Crippen molar-refractivity contribution in [3.8, 4) is 0 Å². The quantitative estimate of drug-likeness (QED) is 0.298. The van der Waals surface area contributed by atoms with Gasteiger partial charge in [-0.25, -0.2) is 9.48 Å². The first-order valence-corrected chi connectivity index (χ1v) is 8.58. The fraction of sp³-hybridized carbons (Fsp3) is 0.176. The Balaban J connectivity index is 1.67. The Morgan fingerprint density at radius 3 is 2.62 bits per heavy atom. The van der Waals surface area contributed by atoms with Gasteiger partial charge in [0, 0.05) is 11.8 Å². The predicted molar refractivity (Wildman–Crippen MR) is 99.6 cm³/mol. The van der Waals surface area contributed by atoms with Crippen LogP contribution in [-0.4, -0.2) is 31.4 Å². The Bertz CT molecular complexity index is 961. The number of aromatic nitrogens is 4. The van der Waals surface area contributed by atoms with Crippen LogP contribution in [0.3, 0.4) is 0 Å². The Hall–Kier alpha value is -2.94. The van der Waals surface area contributed by atoms with Gasteiger partial charge in [0.15, 0.2) is 11.5 Å². The number of aryl methyl sites for hydroxylation is 1. The van der Waals surface area contributed by atoms with Crippen molar-refractivity contribution in [1.82, 2.24) is 19.6 Å². The van der Waals surface area contributed by atoms with Gasteiger partial charge < -0.3 is 10.6 Å². The van der Waals surface area contributed by atoms with Crippen molar-refractivity contribution in [3.05, 3.63) is 69.7 Å². The van der Waals surface area contributed by atoms with Crippen LogP contribution < -0.4 is 5.73 Å². The largest absolute Gasteiger partial charge is 0.385 e. The molecule has 9 heteroatoms. The van der Waals surface area contributed by atoms with E-state index in [1.54, 1.807) is 33.8 Å². The molecule has 2 N–H and O–H groups in total. The van der Waals surface area contributed by atoms with Gasteiger partial charge in [-0.2, -0.15) is 10.2 Å². The number of benzene rings is 1. The number of nitrogens with zero attached hydrogens (tertiary/aromatic N) is 5. The highest BCUT2D eigenvalue weighted by Gasteiger charge is 2.14. The summed E-state index contributed by atoms with van der Waals surface area (Å²) in [5, 5.41) is 12.3. The van der Waals surface area contributed by atoms with Crippen LogP contribution in [0.4, 0.5) is 0 Å². The third-order valence-electron chi connectivity index (χ3n) is 3.72. The molecule has 2 aromatic heterocycles. The van der Waals surface area contributed by atoms with Gasteiger partial charge in [-0.3, -0.25) is 4.68 Å². The summed E-state index contributed by atoms with van der Waals surface area (Å²) in [6, 6.07) is 10.6. The Morgan fingerprint density at radius 2 is 1.96 bits per heavy atom. The molecular formula is C17H17BrN6O2. The standard InChI is InChI=1S/C17H17BrN6O2/c1-11-15(18)12(2)24(20-11)10-23-9-8-14(21-23)17(25)26-22-16(19)13-6-4-3-5-7-13/h3-9H,10H2,1-2H3,(H2,19,22). The monoisotopic (exact) mass is 416 g/mol. The van der Waals surface area contributed by atoms with E-state index in [2.05, 4.69) is 31.3 Å². The number of carbonyl (C=O) groups excluding carboxylic acids is 1. The third kappa shape index (κ3) is 3.83.